The number of nitrogens with one attached hydrogen (secondary N) is 1. The quantitative estimate of drug-likeness (QED) is 0.609. The summed E-state index contributed by atoms with van der Waals surface area (Å²) in [5, 5.41) is 3.14. The smallest absolute Gasteiger partial charge is 0.188 e. The fraction of sp³-hybridized carbons (Fsp3) is 0.562. The van der Waals surface area contributed by atoms with Gasteiger partial charge in [0.05, 0.1) is 0 Å². The van der Waals surface area contributed by atoms with Crippen LogP contribution in [0, 0.1) is 5.41 Å². The molecule has 19 heavy (non-hydrogen) atoms. The van der Waals surface area contributed by atoms with Gasteiger partial charge in [-0.2, -0.15) is 0 Å². The SMILES string of the molecule is CCCNC(N)=NCC1(Cc2ccccc2)CCC1. The molecule has 0 spiro atoms. The number of aliphatic imine (C=N–C) groups is 1. The van der Waals surface area contributed by atoms with Gasteiger partial charge >= 0.3 is 0 Å². The second kappa shape index (κ2) is 6.60. The van der Waals surface area contributed by atoms with Gasteiger partial charge in [0.25, 0.3) is 0 Å². The van der Waals surface area contributed by atoms with Crippen molar-refractivity contribution in [1.29, 1.82) is 0 Å². The summed E-state index contributed by atoms with van der Waals surface area (Å²) >= 11 is 0. The van der Waals surface area contributed by atoms with Gasteiger partial charge < -0.3 is 11.1 Å². The second-order valence-corrected chi connectivity index (χ2v) is 5.64. The molecule has 0 amide bonds. The third-order valence-electron chi connectivity index (χ3n) is 3.98. The number of hydrogen-bond donors (Lipinski definition) is 2. The van der Waals surface area contributed by atoms with Crippen molar-refractivity contribution in [1.82, 2.24) is 5.32 Å². The Labute approximate surface area is 116 Å². The van der Waals surface area contributed by atoms with Gasteiger partial charge in [-0.05, 0) is 36.7 Å². The molecule has 0 atom stereocenters. The maximum Gasteiger partial charge on any atom is 0.188 e. The summed E-state index contributed by atoms with van der Waals surface area (Å²) in [4.78, 5) is 4.54. The van der Waals surface area contributed by atoms with Crippen LogP contribution in [0.2, 0.25) is 0 Å². The summed E-state index contributed by atoms with van der Waals surface area (Å²) in [5.74, 6) is 0.598. The third-order valence-corrected chi connectivity index (χ3v) is 3.98. The average molecular weight is 259 g/mol. The molecule has 1 aliphatic rings. The minimum atomic E-state index is 0.347. The Balaban J connectivity index is 1.92. The van der Waals surface area contributed by atoms with E-state index in [1.165, 1.54) is 24.8 Å². The summed E-state index contributed by atoms with van der Waals surface area (Å²) in [6, 6.07) is 10.7. The number of hydrogen-bond acceptors (Lipinski definition) is 1. The predicted octanol–water partition coefficient (Wildman–Crippen LogP) is 2.71. The molecular weight excluding hydrogens is 234 g/mol. The van der Waals surface area contributed by atoms with E-state index in [1.807, 2.05) is 0 Å². The Morgan fingerprint density at radius 3 is 2.63 bits per heavy atom. The van der Waals surface area contributed by atoms with Crippen LogP contribution in [0.25, 0.3) is 0 Å². The summed E-state index contributed by atoms with van der Waals surface area (Å²) in [6.45, 7) is 3.88. The van der Waals surface area contributed by atoms with Crippen LogP contribution < -0.4 is 11.1 Å². The van der Waals surface area contributed by atoms with E-state index in [0.29, 0.717) is 11.4 Å². The van der Waals surface area contributed by atoms with Gasteiger partial charge in [-0.25, -0.2) is 0 Å². The van der Waals surface area contributed by atoms with Gasteiger partial charge in [0.15, 0.2) is 5.96 Å². The molecule has 0 saturated heterocycles. The number of benzene rings is 1. The van der Waals surface area contributed by atoms with E-state index in [-0.39, 0.29) is 0 Å². The lowest BCUT2D eigenvalue weighted by Crippen LogP contribution is -2.38. The van der Waals surface area contributed by atoms with Crippen LogP contribution in [0.4, 0.5) is 0 Å². The maximum atomic E-state index is 5.88. The summed E-state index contributed by atoms with van der Waals surface area (Å²) in [6.07, 6.45) is 6.06. The van der Waals surface area contributed by atoms with Crippen LogP contribution in [-0.2, 0) is 6.42 Å². The molecule has 1 aromatic rings. The average Bonchev–Trinajstić information content (AvgIpc) is 2.40. The van der Waals surface area contributed by atoms with Crippen molar-refractivity contribution in [3.05, 3.63) is 35.9 Å². The Hall–Kier alpha value is -1.51. The first kappa shape index (κ1) is 13.9. The molecule has 0 aliphatic heterocycles. The first-order chi connectivity index (χ1) is 9.24. The molecule has 1 fully saturated rings. The third kappa shape index (κ3) is 3.98. The van der Waals surface area contributed by atoms with Gasteiger partial charge in [0, 0.05) is 13.1 Å². The van der Waals surface area contributed by atoms with E-state index in [2.05, 4.69) is 47.6 Å². The fourth-order valence-corrected chi connectivity index (χ4v) is 2.66. The van der Waals surface area contributed by atoms with Crippen molar-refractivity contribution < 1.29 is 0 Å². The van der Waals surface area contributed by atoms with E-state index in [4.69, 9.17) is 5.73 Å². The number of nitrogens with zero attached hydrogens (tertiary/aromatic N) is 1. The minimum Gasteiger partial charge on any atom is -0.370 e. The molecule has 2 rings (SSSR count). The summed E-state index contributed by atoms with van der Waals surface area (Å²) in [5.41, 5.74) is 7.64. The first-order valence-corrected chi connectivity index (χ1v) is 7.32. The first-order valence-electron chi connectivity index (χ1n) is 7.32. The molecule has 104 valence electrons. The number of guanidine groups is 1. The van der Waals surface area contributed by atoms with Crippen molar-refractivity contribution >= 4 is 5.96 Å². The predicted molar refractivity (Wildman–Crippen MR) is 81.2 cm³/mol. The normalized spacial score (nSPS) is 17.8. The van der Waals surface area contributed by atoms with Gasteiger partial charge in [0.2, 0.25) is 0 Å². The molecule has 3 heteroatoms. The topological polar surface area (TPSA) is 50.4 Å². The lowest BCUT2D eigenvalue weighted by atomic mass is 9.65. The van der Waals surface area contributed by atoms with Gasteiger partial charge in [0.1, 0.15) is 0 Å². The molecular formula is C16H25N3. The Bertz CT molecular complexity index is 407. The van der Waals surface area contributed by atoms with Crippen molar-refractivity contribution in [3.63, 3.8) is 0 Å². The van der Waals surface area contributed by atoms with Crippen molar-refractivity contribution in [2.75, 3.05) is 13.1 Å². The van der Waals surface area contributed by atoms with E-state index in [0.717, 1.165) is 25.9 Å². The standard InChI is InChI=1S/C16H25N3/c1-2-11-18-15(17)19-13-16(9-6-10-16)12-14-7-4-3-5-8-14/h3-5,7-8H,2,6,9-13H2,1H3,(H3,17,18,19). The Morgan fingerprint density at radius 1 is 1.32 bits per heavy atom. The minimum absolute atomic E-state index is 0.347. The van der Waals surface area contributed by atoms with Crippen LogP contribution >= 0.6 is 0 Å². The van der Waals surface area contributed by atoms with Crippen LogP contribution in [0.15, 0.2) is 35.3 Å². The number of rotatable bonds is 6. The molecule has 0 heterocycles. The highest BCUT2D eigenvalue weighted by Gasteiger charge is 2.36. The molecule has 0 radical (unpaired) electrons. The van der Waals surface area contributed by atoms with Crippen LogP contribution in [0.5, 0.6) is 0 Å². The Morgan fingerprint density at radius 2 is 2.05 bits per heavy atom. The van der Waals surface area contributed by atoms with Crippen molar-refractivity contribution in [2.45, 2.75) is 39.0 Å². The van der Waals surface area contributed by atoms with Gasteiger partial charge in [-0.1, -0.05) is 43.7 Å². The zero-order valence-electron chi connectivity index (χ0n) is 11.9. The van der Waals surface area contributed by atoms with Crippen molar-refractivity contribution in [3.8, 4) is 0 Å². The van der Waals surface area contributed by atoms with E-state index >= 15 is 0 Å². The highest BCUT2D eigenvalue weighted by Crippen LogP contribution is 2.43. The summed E-state index contributed by atoms with van der Waals surface area (Å²) in [7, 11) is 0. The molecule has 1 aromatic carbocycles. The molecule has 0 unspecified atom stereocenters. The zero-order valence-corrected chi connectivity index (χ0v) is 11.9. The zero-order chi connectivity index (χ0) is 13.6. The maximum absolute atomic E-state index is 5.88. The largest absolute Gasteiger partial charge is 0.370 e. The Kier molecular flexibility index (Phi) is 4.83. The highest BCUT2D eigenvalue weighted by atomic mass is 15.1. The monoisotopic (exact) mass is 259 g/mol. The molecule has 0 aromatic heterocycles. The molecule has 3 N–H and O–H groups in total. The van der Waals surface area contributed by atoms with Gasteiger partial charge in [-0.15, -0.1) is 0 Å². The highest BCUT2D eigenvalue weighted by molar-refractivity contribution is 5.77. The van der Waals surface area contributed by atoms with Crippen LogP contribution in [-0.4, -0.2) is 19.0 Å². The van der Waals surface area contributed by atoms with E-state index in [9.17, 15) is 0 Å². The molecule has 1 saturated carbocycles. The summed E-state index contributed by atoms with van der Waals surface area (Å²) < 4.78 is 0. The van der Waals surface area contributed by atoms with Gasteiger partial charge in [-0.3, -0.25) is 4.99 Å². The number of nitrogens with two attached hydrogens (primary N) is 1. The second-order valence-electron chi connectivity index (χ2n) is 5.64. The molecule has 0 bridgehead atoms. The lowest BCUT2D eigenvalue weighted by Gasteiger charge is -2.41. The van der Waals surface area contributed by atoms with Crippen molar-refractivity contribution in [2.24, 2.45) is 16.1 Å². The van der Waals surface area contributed by atoms with Crippen LogP contribution in [0.1, 0.15) is 38.2 Å². The fourth-order valence-electron chi connectivity index (χ4n) is 2.66. The van der Waals surface area contributed by atoms with Crippen LogP contribution in [0.3, 0.4) is 0 Å². The molecule has 3 nitrogen and oxygen atoms in total. The lowest BCUT2D eigenvalue weighted by molar-refractivity contribution is 0.145. The molecule has 1 aliphatic carbocycles. The van der Waals surface area contributed by atoms with E-state index in [1.54, 1.807) is 0 Å². The van der Waals surface area contributed by atoms with E-state index < -0.39 is 0 Å².